The van der Waals surface area contributed by atoms with Gasteiger partial charge in [0.15, 0.2) is 32.1 Å². The van der Waals surface area contributed by atoms with Crippen LogP contribution in [0.2, 0.25) is 0 Å². The number of imidazole rings is 1. The van der Waals surface area contributed by atoms with Gasteiger partial charge in [-0.2, -0.15) is 4.58 Å². The average Bonchev–Trinajstić information content (AvgIpc) is 1.59. The zero-order valence-corrected chi connectivity index (χ0v) is 57.8. The number of aliphatic carboxylic acids is 2. The van der Waals surface area contributed by atoms with Gasteiger partial charge in [0, 0.05) is 91.7 Å². The molecule has 0 aliphatic carbocycles. The molecular formula is C69H89N8O18P2+. The maximum Gasteiger partial charge on any atom is 0.362 e. The van der Waals surface area contributed by atoms with Crippen molar-refractivity contribution in [2.75, 3.05) is 77.5 Å². The summed E-state index contributed by atoms with van der Waals surface area (Å²) in [6.45, 7) is 8.98. The number of hydrogen-bond acceptors (Lipinski definition) is 19. The molecule has 7 rings (SSSR count). The van der Waals surface area contributed by atoms with E-state index in [1.807, 2.05) is 82.3 Å². The van der Waals surface area contributed by atoms with E-state index in [1.54, 1.807) is 48.8 Å². The molecule has 0 fully saturated rings. The first-order chi connectivity index (χ1) is 46.4. The van der Waals surface area contributed by atoms with Crippen LogP contribution in [-0.4, -0.2) is 139 Å². The molecule has 2 aliphatic rings. The number of H-pyrrole nitrogens is 1. The predicted molar refractivity (Wildman–Crippen MR) is 366 cm³/mol. The van der Waals surface area contributed by atoms with Crippen LogP contribution in [0.4, 0.5) is 17.1 Å². The van der Waals surface area contributed by atoms with Crippen molar-refractivity contribution in [3.63, 3.8) is 0 Å². The van der Waals surface area contributed by atoms with E-state index in [4.69, 9.17) is 38.0 Å². The number of rotatable bonds is 40. The molecule has 0 spiro atoms. The number of nitrogens with zero attached hydrogens (tertiary/aromatic N) is 3. The number of nitrogens with two attached hydrogens (primary N) is 1. The summed E-state index contributed by atoms with van der Waals surface area (Å²) in [5.74, 6) is -4.15. The van der Waals surface area contributed by atoms with E-state index in [9.17, 15) is 52.9 Å². The molecule has 26 nitrogen and oxygen atoms in total. The highest BCUT2D eigenvalue weighted by Gasteiger charge is 2.47. The molecule has 2 aliphatic heterocycles. The highest BCUT2D eigenvalue weighted by atomic mass is 31.2. The number of fused-ring (bicyclic) bond motifs is 3. The number of hydrogen-bond donors (Lipinski definition) is 7. The Morgan fingerprint density at radius 2 is 1.21 bits per heavy atom. The number of nitrogen functional groups attached to an aromatic ring is 1. The Morgan fingerprint density at radius 1 is 0.660 bits per heavy atom. The molecule has 0 saturated carbocycles. The number of likely N-dealkylation sites (N-methyl/N-ethyl adjacent to an activating group) is 1. The number of amides is 3. The van der Waals surface area contributed by atoms with Crippen LogP contribution in [0.5, 0.6) is 5.75 Å². The summed E-state index contributed by atoms with van der Waals surface area (Å²) in [5.41, 5.74) is 13.5. The van der Waals surface area contributed by atoms with Crippen LogP contribution in [0.15, 0.2) is 115 Å². The molecule has 0 radical (unpaired) electrons. The molecule has 3 amide bonds. The molecule has 522 valence electrons. The van der Waals surface area contributed by atoms with Gasteiger partial charge in [-0.1, -0.05) is 68.2 Å². The van der Waals surface area contributed by atoms with Crippen molar-refractivity contribution < 1.29 is 89.8 Å². The van der Waals surface area contributed by atoms with Crippen LogP contribution >= 0.6 is 15.2 Å². The number of benzene rings is 4. The molecule has 1 unspecified atom stereocenters. The zero-order chi connectivity index (χ0) is 70.3. The molecule has 5 aromatic rings. The lowest BCUT2D eigenvalue weighted by molar-refractivity contribution is -0.433. The second kappa shape index (κ2) is 35.5. The van der Waals surface area contributed by atoms with Gasteiger partial charge in [0.2, 0.25) is 23.4 Å². The molecule has 0 saturated heterocycles. The van der Waals surface area contributed by atoms with E-state index < -0.39 is 76.3 Å². The van der Waals surface area contributed by atoms with Gasteiger partial charge in [-0.05, 0) is 119 Å². The molecule has 4 aromatic carbocycles. The van der Waals surface area contributed by atoms with Crippen molar-refractivity contribution in [3.8, 4) is 5.75 Å². The van der Waals surface area contributed by atoms with Crippen LogP contribution in [0.25, 0.3) is 11.0 Å². The lowest BCUT2D eigenvalue weighted by Gasteiger charge is -2.30. The number of ether oxygens (including phenoxy) is 3. The number of allylic oxidation sites excluding steroid dienone is 6. The molecule has 28 heteroatoms. The van der Waals surface area contributed by atoms with Crippen LogP contribution in [0.3, 0.4) is 0 Å². The number of aromatic nitrogens is 2. The Hall–Kier alpha value is -8.77. The van der Waals surface area contributed by atoms with Gasteiger partial charge in [-0.15, -0.1) is 0 Å². The van der Waals surface area contributed by atoms with Crippen molar-refractivity contribution >= 4 is 101 Å². The van der Waals surface area contributed by atoms with Gasteiger partial charge in [-0.25, -0.2) is 24.2 Å². The largest absolute Gasteiger partial charge is 0.486 e. The lowest BCUT2D eigenvalue weighted by atomic mass is 9.77. The summed E-state index contributed by atoms with van der Waals surface area (Å²) in [6.07, 6.45) is 17.7. The Bertz CT molecular complexity index is 3840. The topological polar surface area (TPSA) is 356 Å². The number of methoxy groups -OCH3 is 2. The number of nitrogens with one attached hydrogen (secondary N) is 4. The summed E-state index contributed by atoms with van der Waals surface area (Å²) in [6, 6.07) is 21.3. The summed E-state index contributed by atoms with van der Waals surface area (Å²) in [4.78, 5) is 95.1. The Morgan fingerprint density at radius 3 is 1.77 bits per heavy atom. The van der Waals surface area contributed by atoms with Crippen LogP contribution in [0, 0.1) is 0 Å². The lowest BCUT2D eigenvalue weighted by Crippen LogP contribution is -2.34. The molecule has 0 bridgehead atoms. The fourth-order valence-electron chi connectivity index (χ4n) is 11.7. The molecule has 1 atom stereocenters. The van der Waals surface area contributed by atoms with E-state index in [1.165, 1.54) is 6.07 Å². The molecule has 3 heterocycles. The van der Waals surface area contributed by atoms with E-state index in [0.29, 0.717) is 94.6 Å². The molecule has 8 N–H and O–H groups in total. The van der Waals surface area contributed by atoms with Crippen molar-refractivity contribution in [1.82, 2.24) is 25.9 Å². The first-order valence-electron chi connectivity index (χ1n) is 32.3. The maximum absolute atomic E-state index is 14.6. The van der Waals surface area contributed by atoms with E-state index >= 15 is 0 Å². The first-order valence-corrected chi connectivity index (χ1v) is 35.3. The van der Waals surface area contributed by atoms with Crippen molar-refractivity contribution in [3.05, 3.63) is 137 Å². The number of unbranched alkanes of at least 4 members (excludes halogenated alkanes) is 5. The maximum atomic E-state index is 14.6. The number of carboxylic acids is 2. The number of esters is 2. The molecule has 1 aromatic heterocycles. The quantitative estimate of drug-likeness (QED) is 0.00480. The number of aromatic amines is 1. The summed E-state index contributed by atoms with van der Waals surface area (Å²) in [7, 11) is -6.45. The van der Waals surface area contributed by atoms with E-state index in [-0.39, 0.29) is 47.8 Å². The minimum absolute atomic E-state index is 0.0124. The van der Waals surface area contributed by atoms with Gasteiger partial charge in [-0.3, -0.25) is 41.6 Å². The first kappa shape index (κ1) is 75.6. The SMILES string of the molecule is CCN1C(=CC=CC=CC2=[N+](CC)c3ccc(P(=O)(OCC(=O)O)OCC(=O)O)cc3C2(C)C)C(C)(CCCCCC(=O)NCCNC(=O)CCCCCCC(=O)NCc2ccc(COc3cc(N)cc4[nH]cnc34)cc2)c2cc(P(=O)(OCC(=O)OC)OCC(=O)OC)ccc21. The van der Waals surface area contributed by atoms with Crippen molar-refractivity contribution in [1.29, 1.82) is 0 Å². The minimum atomic E-state index is -4.39. The number of anilines is 2. The smallest absolute Gasteiger partial charge is 0.362 e. The zero-order valence-electron chi connectivity index (χ0n) is 56.0. The summed E-state index contributed by atoms with van der Waals surface area (Å²) in [5, 5.41) is 27.4. The van der Waals surface area contributed by atoms with Gasteiger partial charge in [0.1, 0.15) is 24.4 Å². The number of carbonyl (C=O) groups excluding carboxylic acids is 5. The van der Waals surface area contributed by atoms with Crippen LogP contribution in [0.1, 0.15) is 128 Å². The van der Waals surface area contributed by atoms with Gasteiger partial charge >= 0.3 is 39.1 Å². The summed E-state index contributed by atoms with van der Waals surface area (Å²) < 4.78 is 67.8. The number of carbonyl (C=O) groups is 7. The number of carboxylic acid groups (broad SMARTS) is 2. The summed E-state index contributed by atoms with van der Waals surface area (Å²) >= 11 is 0. The molecular weight excluding hydrogens is 1290 g/mol. The highest BCUT2D eigenvalue weighted by molar-refractivity contribution is 7.62. The normalized spacial score (nSPS) is 15.5. The monoisotopic (exact) mass is 1380 g/mol. The van der Waals surface area contributed by atoms with E-state index in [0.717, 1.165) is 77.6 Å². The van der Waals surface area contributed by atoms with Gasteiger partial charge in [0.25, 0.3) is 0 Å². The van der Waals surface area contributed by atoms with E-state index in [2.05, 4.69) is 42.3 Å². The Balaban J connectivity index is 0.903. The third-order valence-electron chi connectivity index (χ3n) is 16.8. The third-order valence-corrected chi connectivity index (χ3v) is 20.5. The van der Waals surface area contributed by atoms with Crippen molar-refractivity contribution in [2.24, 2.45) is 0 Å². The fourth-order valence-corrected chi connectivity index (χ4v) is 14.6. The van der Waals surface area contributed by atoms with Gasteiger partial charge < -0.3 is 56.0 Å². The second-order valence-corrected chi connectivity index (χ2v) is 28.0. The van der Waals surface area contributed by atoms with Crippen molar-refractivity contribution in [2.45, 2.75) is 129 Å². The van der Waals surface area contributed by atoms with Gasteiger partial charge in [0.05, 0.1) is 42.1 Å². The Labute approximate surface area is 564 Å². The average molecular weight is 1380 g/mol. The fraction of sp³-hybridized carbons (Fsp3) is 0.435. The second-order valence-electron chi connectivity index (χ2n) is 23.9. The van der Waals surface area contributed by atoms with Crippen LogP contribution in [-0.2, 0) is 94.2 Å². The third kappa shape index (κ3) is 20.4. The highest BCUT2D eigenvalue weighted by Crippen LogP contribution is 2.54. The van der Waals surface area contributed by atoms with Crippen LogP contribution < -0.4 is 41.9 Å². The standard InChI is InChI=1S/C69H88N8O18P2/c1-8-76-55-31-29-50(96(87,92-42-63(81)82)93-43-64(83)84)38-52(55)68(3,4)58(76)20-14-12-15-21-59-69(5,53-39-51(30-32-56(53)77(59)9-2)97(88,94-44-65(85)89-6)95-45-66(86)90-7)33-19-13-18-23-61(79)72-35-34-71-60(78)22-16-10-11-17-24-62(80)73-40-47-25-27-48(28-26-47)41-91-57-37-49(70)36-54-67(57)75-46-74-54/h12,14-15,20-21,25-32,36-39,46H,8-11,13,16-19,22-24,33-35,40-45,70H2,1-7H3,(H5-,71,72,73,74,75,78,79,80,81,82,83,84)/p+1. The Kier molecular flexibility index (Phi) is 27.6. The predicted octanol–water partition coefficient (Wildman–Crippen LogP) is 8.97. The molecule has 97 heavy (non-hydrogen) atoms. The minimum Gasteiger partial charge on any atom is -0.486 e.